The molecular formula is C48H55N3O12S. The fraction of sp³-hybridized carbons (Fsp3) is 0.417. The van der Waals surface area contributed by atoms with Crippen molar-refractivity contribution in [3.05, 3.63) is 131 Å². The molecule has 9 atom stereocenters. The van der Waals surface area contributed by atoms with Crippen LogP contribution in [0.4, 0.5) is 5.69 Å². The second-order valence-corrected chi connectivity index (χ2v) is 16.3. The molecule has 0 amide bonds. The van der Waals surface area contributed by atoms with E-state index in [9.17, 15) is 24.3 Å². The van der Waals surface area contributed by atoms with Crippen LogP contribution in [0, 0.1) is 0 Å². The predicted octanol–water partition coefficient (Wildman–Crippen LogP) is 5.94. The molecule has 16 heteroatoms. The summed E-state index contributed by atoms with van der Waals surface area (Å²) in [5.74, 6) is -2.97. The highest BCUT2D eigenvalue weighted by Crippen LogP contribution is 2.47. The number of rotatable bonds is 17. The molecule has 6 rings (SSSR count). The standard InChI is InChI=1S/C48H55N3O12S/c1-29(53)57-28-41-46(59-31(3)55)47(60-32(4)56)45(58-30(2)54)39(61-41)25-42(64)50-38-16-11-14-36(24-38)48-62-40(26-51(5)23-21-37-15-9-10-22-49-37)43(34-12-7-6-8-13-34)44(63-48)35-19-17-33(27-52)18-20-35/h6-20,22,24,39-41,43-48,52H,21,23,25-28H2,1-5H3,(H,50,64)/t39-,40+,41+,43+,44-,45-,46+,47+,48?/m0/s1. The largest absolute Gasteiger partial charge is 0.463 e. The molecule has 0 saturated carbocycles. The van der Waals surface area contributed by atoms with Gasteiger partial charge in [0.25, 0.3) is 0 Å². The first-order valence-electron chi connectivity index (χ1n) is 21.1. The number of aliphatic hydroxyl groups is 1. The number of carbonyl (C=O) groups excluding carboxylic acids is 4. The van der Waals surface area contributed by atoms with Crippen LogP contribution in [0.15, 0.2) is 103 Å². The summed E-state index contributed by atoms with van der Waals surface area (Å²) in [6, 6.07) is 31.3. The van der Waals surface area contributed by atoms with Crippen LogP contribution >= 0.6 is 12.2 Å². The highest BCUT2D eigenvalue weighted by atomic mass is 32.1. The average Bonchev–Trinajstić information content (AvgIpc) is 3.27. The van der Waals surface area contributed by atoms with Gasteiger partial charge in [-0.2, -0.15) is 0 Å². The summed E-state index contributed by atoms with van der Waals surface area (Å²) < 4.78 is 42.2. The number of ether oxygens (including phenoxy) is 7. The minimum atomic E-state index is -1.31. The van der Waals surface area contributed by atoms with Crippen molar-refractivity contribution in [3.8, 4) is 0 Å². The lowest BCUT2D eigenvalue weighted by atomic mass is 9.83. The molecule has 64 heavy (non-hydrogen) atoms. The van der Waals surface area contributed by atoms with Crippen molar-refractivity contribution in [2.45, 2.75) is 102 Å². The number of hydrogen-bond donors (Lipinski definition) is 2. The molecule has 1 aromatic heterocycles. The summed E-state index contributed by atoms with van der Waals surface area (Å²) in [4.78, 5) is 55.8. The zero-order valence-electron chi connectivity index (χ0n) is 36.5. The Morgan fingerprint density at radius 2 is 1.38 bits per heavy atom. The van der Waals surface area contributed by atoms with Crippen molar-refractivity contribution in [3.63, 3.8) is 0 Å². The van der Waals surface area contributed by atoms with Gasteiger partial charge in [0.05, 0.1) is 23.8 Å². The number of carbonyl (C=O) groups is 4. The topological polar surface area (TPSA) is 181 Å². The van der Waals surface area contributed by atoms with Crippen molar-refractivity contribution in [1.29, 1.82) is 0 Å². The van der Waals surface area contributed by atoms with Gasteiger partial charge in [-0.3, -0.25) is 24.2 Å². The third kappa shape index (κ3) is 13.2. The van der Waals surface area contributed by atoms with Gasteiger partial charge in [-0.15, -0.1) is 0 Å². The zero-order valence-corrected chi connectivity index (χ0v) is 37.3. The molecule has 2 fully saturated rings. The van der Waals surface area contributed by atoms with Gasteiger partial charge in [-0.05, 0) is 48.0 Å². The van der Waals surface area contributed by atoms with Gasteiger partial charge < -0.3 is 48.5 Å². The maximum atomic E-state index is 12.4. The van der Waals surface area contributed by atoms with Crippen LogP contribution in [-0.2, 0) is 65.4 Å². The van der Waals surface area contributed by atoms with E-state index < -0.39 is 66.8 Å². The monoisotopic (exact) mass is 897 g/mol. The van der Waals surface area contributed by atoms with Crippen LogP contribution in [0.3, 0.4) is 0 Å². The molecule has 1 unspecified atom stereocenters. The van der Waals surface area contributed by atoms with Crippen LogP contribution < -0.4 is 5.32 Å². The van der Waals surface area contributed by atoms with Gasteiger partial charge in [-0.1, -0.05) is 85.0 Å². The lowest BCUT2D eigenvalue weighted by Crippen LogP contribution is -2.62. The van der Waals surface area contributed by atoms with E-state index in [0.29, 0.717) is 17.8 Å². The summed E-state index contributed by atoms with van der Waals surface area (Å²) >= 11 is 5.85. The number of nitrogens with one attached hydrogen (secondary N) is 1. The fourth-order valence-electron chi connectivity index (χ4n) is 8.06. The average molecular weight is 898 g/mol. The molecule has 340 valence electrons. The van der Waals surface area contributed by atoms with Crippen molar-refractivity contribution >= 4 is 46.8 Å². The number of aliphatic hydroxyl groups excluding tert-OH is 1. The second-order valence-electron chi connectivity index (χ2n) is 15.8. The molecule has 3 aromatic carbocycles. The number of thiocarbonyl (C=S) groups is 1. The Bertz CT molecular complexity index is 2200. The van der Waals surface area contributed by atoms with Gasteiger partial charge in [0.1, 0.15) is 18.8 Å². The molecule has 2 saturated heterocycles. The third-order valence-electron chi connectivity index (χ3n) is 10.9. The minimum Gasteiger partial charge on any atom is -0.463 e. The maximum absolute atomic E-state index is 12.4. The number of hydrogen-bond acceptors (Lipinski definition) is 15. The van der Waals surface area contributed by atoms with Crippen LogP contribution in [0.25, 0.3) is 0 Å². The quantitative estimate of drug-likeness (QED) is 0.0721. The highest BCUT2D eigenvalue weighted by Gasteiger charge is 2.52. The second kappa shape index (κ2) is 22.8. The first-order valence-corrected chi connectivity index (χ1v) is 21.5. The molecule has 0 aliphatic carbocycles. The van der Waals surface area contributed by atoms with E-state index in [2.05, 4.69) is 34.4 Å². The molecule has 4 aromatic rings. The van der Waals surface area contributed by atoms with E-state index in [1.807, 2.05) is 84.9 Å². The van der Waals surface area contributed by atoms with Crippen molar-refractivity contribution in [2.75, 3.05) is 32.1 Å². The summed E-state index contributed by atoms with van der Waals surface area (Å²) in [5.41, 5.74) is 5.08. The van der Waals surface area contributed by atoms with Crippen LogP contribution in [0.5, 0.6) is 0 Å². The molecule has 0 radical (unpaired) electrons. The number of likely N-dealkylation sites (N-methyl/N-ethyl adjacent to an activating group) is 1. The molecule has 0 spiro atoms. The number of esters is 4. The zero-order chi connectivity index (χ0) is 45.8. The molecule has 2 aliphatic heterocycles. The summed E-state index contributed by atoms with van der Waals surface area (Å²) in [5, 5.41) is 13.1. The number of pyridine rings is 1. The van der Waals surface area contributed by atoms with Gasteiger partial charge in [0, 0.05) is 82.7 Å². The molecule has 0 bridgehead atoms. The van der Waals surface area contributed by atoms with Crippen molar-refractivity contribution in [1.82, 2.24) is 9.88 Å². The molecule has 3 heterocycles. The summed E-state index contributed by atoms with van der Waals surface area (Å²) in [6.45, 7) is 5.62. The normalized spacial score (nSPS) is 24.3. The van der Waals surface area contributed by atoms with Crippen LogP contribution in [-0.4, -0.2) is 107 Å². The van der Waals surface area contributed by atoms with E-state index in [4.69, 9.17) is 45.4 Å². The van der Waals surface area contributed by atoms with Gasteiger partial charge in [0.2, 0.25) is 0 Å². The first-order chi connectivity index (χ1) is 30.8. The van der Waals surface area contributed by atoms with Crippen molar-refractivity contribution in [2.24, 2.45) is 0 Å². The van der Waals surface area contributed by atoms with Gasteiger partial charge in [-0.25, -0.2) is 0 Å². The third-order valence-corrected chi connectivity index (χ3v) is 11.1. The summed E-state index contributed by atoms with van der Waals surface area (Å²) in [7, 11) is 2.07. The Kier molecular flexibility index (Phi) is 17.1. The van der Waals surface area contributed by atoms with Gasteiger partial charge in [0.15, 0.2) is 24.6 Å². The number of anilines is 1. The SMILES string of the molecule is CC(=O)OC[C@H]1O[C@@H](CC(=S)Nc2cccc(C3O[C@H](CN(C)CCc4ccccn4)[C@@H](c4ccccc4)[C@H](c4ccc(CO)cc4)O3)c2)[C@H](OC(C)=O)[C@@H](OC(C)=O)[C@@H]1OC(C)=O. The lowest BCUT2D eigenvalue weighted by molar-refractivity contribution is -0.263. The Labute approximate surface area is 378 Å². The Balaban J connectivity index is 1.27. The maximum Gasteiger partial charge on any atom is 0.303 e. The van der Waals surface area contributed by atoms with E-state index >= 15 is 0 Å². The number of aromatic nitrogens is 1. The molecule has 2 aliphatic rings. The van der Waals surface area contributed by atoms with E-state index in [1.165, 1.54) is 20.8 Å². The lowest BCUT2D eigenvalue weighted by Gasteiger charge is -2.44. The number of benzene rings is 3. The fourth-order valence-corrected chi connectivity index (χ4v) is 8.34. The van der Waals surface area contributed by atoms with E-state index in [0.717, 1.165) is 42.3 Å². The van der Waals surface area contributed by atoms with Crippen LogP contribution in [0.2, 0.25) is 0 Å². The van der Waals surface area contributed by atoms with E-state index in [1.54, 1.807) is 6.20 Å². The Morgan fingerprint density at radius 3 is 2.02 bits per heavy atom. The molecular weight excluding hydrogens is 843 g/mol. The predicted molar refractivity (Wildman–Crippen MR) is 238 cm³/mol. The minimum absolute atomic E-state index is 0.0490. The first kappa shape index (κ1) is 47.8. The highest BCUT2D eigenvalue weighted by molar-refractivity contribution is 7.80. The van der Waals surface area contributed by atoms with Crippen molar-refractivity contribution < 1.29 is 57.4 Å². The van der Waals surface area contributed by atoms with Crippen LogP contribution in [0.1, 0.15) is 80.4 Å². The molecule has 15 nitrogen and oxygen atoms in total. The Hall–Kier alpha value is -5.62. The molecule has 2 N–H and O–H groups in total. The van der Waals surface area contributed by atoms with Gasteiger partial charge >= 0.3 is 23.9 Å². The summed E-state index contributed by atoms with van der Waals surface area (Å²) in [6.07, 6.45) is -5.06. The smallest absolute Gasteiger partial charge is 0.303 e. The Morgan fingerprint density at radius 1 is 0.719 bits per heavy atom. The number of nitrogens with zero attached hydrogens (tertiary/aromatic N) is 2. The van der Waals surface area contributed by atoms with E-state index in [-0.39, 0.29) is 36.6 Å².